The number of hydrogen-bond donors (Lipinski definition) is 2. The molecule has 5 nitrogen and oxygen atoms in total. The SMILES string of the molecule is COC(=O)C(C)NC(=O)c1c[nH]c2cc(Br)c(Br)cc12. The Bertz CT molecular complexity index is 682. The predicted octanol–water partition coefficient (Wildman–Crippen LogP) is 2.98. The number of ether oxygens (including phenoxy) is 1. The smallest absolute Gasteiger partial charge is 0.328 e. The van der Waals surface area contributed by atoms with E-state index in [0.29, 0.717) is 5.56 Å². The third-order valence-electron chi connectivity index (χ3n) is 2.87. The number of aromatic nitrogens is 1. The van der Waals surface area contributed by atoms with Gasteiger partial charge in [-0.25, -0.2) is 4.79 Å². The number of hydrogen-bond acceptors (Lipinski definition) is 3. The molecule has 7 heteroatoms. The summed E-state index contributed by atoms with van der Waals surface area (Å²) in [4.78, 5) is 26.5. The average Bonchev–Trinajstić information content (AvgIpc) is 2.81. The van der Waals surface area contributed by atoms with E-state index in [0.717, 1.165) is 19.8 Å². The Labute approximate surface area is 132 Å². The van der Waals surface area contributed by atoms with Crippen LogP contribution >= 0.6 is 31.9 Å². The van der Waals surface area contributed by atoms with Crippen molar-refractivity contribution in [2.24, 2.45) is 0 Å². The van der Waals surface area contributed by atoms with Gasteiger partial charge in [-0.2, -0.15) is 0 Å². The first kappa shape index (κ1) is 15.1. The molecular weight excluding hydrogens is 392 g/mol. The summed E-state index contributed by atoms with van der Waals surface area (Å²) >= 11 is 6.81. The lowest BCUT2D eigenvalue weighted by molar-refractivity contribution is -0.142. The van der Waals surface area contributed by atoms with Gasteiger partial charge in [-0.1, -0.05) is 0 Å². The van der Waals surface area contributed by atoms with Gasteiger partial charge >= 0.3 is 5.97 Å². The minimum atomic E-state index is -0.698. The van der Waals surface area contributed by atoms with E-state index in [1.165, 1.54) is 7.11 Å². The topological polar surface area (TPSA) is 71.2 Å². The van der Waals surface area contributed by atoms with Crippen molar-refractivity contribution in [1.29, 1.82) is 0 Å². The van der Waals surface area contributed by atoms with Gasteiger partial charge in [0.25, 0.3) is 5.91 Å². The van der Waals surface area contributed by atoms with Crippen LogP contribution in [0.1, 0.15) is 17.3 Å². The summed E-state index contributed by atoms with van der Waals surface area (Å²) in [6.07, 6.45) is 1.61. The standard InChI is InChI=1S/C13H12Br2N2O3/c1-6(13(19)20-2)17-12(18)8-5-16-11-4-10(15)9(14)3-7(8)11/h3-6,16H,1-2H3,(H,17,18). The molecule has 0 saturated heterocycles. The summed E-state index contributed by atoms with van der Waals surface area (Å²) in [6, 6.07) is 3.02. The lowest BCUT2D eigenvalue weighted by Crippen LogP contribution is -2.39. The highest BCUT2D eigenvalue weighted by molar-refractivity contribution is 9.13. The Balaban J connectivity index is 2.31. The second-order valence-electron chi connectivity index (χ2n) is 4.23. The predicted molar refractivity (Wildman–Crippen MR) is 82.6 cm³/mol. The van der Waals surface area contributed by atoms with E-state index < -0.39 is 12.0 Å². The molecule has 0 fully saturated rings. The van der Waals surface area contributed by atoms with Gasteiger partial charge < -0.3 is 15.0 Å². The van der Waals surface area contributed by atoms with Crippen LogP contribution in [0.15, 0.2) is 27.3 Å². The number of fused-ring (bicyclic) bond motifs is 1. The molecule has 0 spiro atoms. The number of carbonyl (C=O) groups is 2. The lowest BCUT2D eigenvalue weighted by atomic mass is 10.1. The Morgan fingerprint density at radius 3 is 2.60 bits per heavy atom. The third-order valence-corrected chi connectivity index (χ3v) is 4.71. The normalized spacial score (nSPS) is 12.2. The first-order chi connectivity index (χ1) is 9.43. The lowest BCUT2D eigenvalue weighted by Gasteiger charge is -2.11. The fourth-order valence-electron chi connectivity index (χ4n) is 1.81. The number of benzene rings is 1. The van der Waals surface area contributed by atoms with Crippen molar-refractivity contribution in [3.05, 3.63) is 32.8 Å². The zero-order valence-electron chi connectivity index (χ0n) is 10.8. The average molecular weight is 404 g/mol. The van der Waals surface area contributed by atoms with Crippen molar-refractivity contribution in [1.82, 2.24) is 10.3 Å². The highest BCUT2D eigenvalue weighted by atomic mass is 79.9. The second kappa shape index (κ2) is 5.97. The van der Waals surface area contributed by atoms with E-state index in [2.05, 4.69) is 46.9 Å². The van der Waals surface area contributed by atoms with E-state index in [1.807, 2.05) is 12.1 Å². The van der Waals surface area contributed by atoms with Crippen LogP contribution in [-0.4, -0.2) is 30.0 Å². The van der Waals surface area contributed by atoms with E-state index >= 15 is 0 Å². The molecule has 0 bridgehead atoms. The Kier molecular flexibility index (Phi) is 4.49. The zero-order valence-corrected chi connectivity index (χ0v) is 14.0. The largest absolute Gasteiger partial charge is 0.467 e. The number of methoxy groups -OCH3 is 1. The molecular formula is C13H12Br2N2O3. The van der Waals surface area contributed by atoms with Gasteiger partial charge in [0.05, 0.1) is 12.7 Å². The molecule has 0 radical (unpaired) electrons. The fraction of sp³-hybridized carbons (Fsp3) is 0.231. The molecule has 1 amide bonds. The molecule has 1 heterocycles. The van der Waals surface area contributed by atoms with Crippen molar-refractivity contribution in [3.8, 4) is 0 Å². The molecule has 20 heavy (non-hydrogen) atoms. The number of aromatic amines is 1. The minimum absolute atomic E-state index is 0.330. The zero-order chi connectivity index (χ0) is 14.9. The molecule has 106 valence electrons. The summed E-state index contributed by atoms with van der Waals surface area (Å²) in [5.74, 6) is -0.814. The van der Waals surface area contributed by atoms with Gasteiger partial charge in [0.15, 0.2) is 0 Å². The number of carbonyl (C=O) groups excluding carboxylic acids is 2. The molecule has 1 aromatic carbocycles. The summed E-state index contributed by atoms with van der Waals surface area (Å²) < 4.78 is 6.31. The van der Waals surface area contributed by atoms with Gasteiger partial charge in [-0.15, -0.1) is 0 Å². The van der Waals surface area contributed by atoms with Crippen LogP contribution < -0.4 is 5.32 Å². The summed E-state index contributed by atoms with van der Waals surface area (Å²) in [5, 5.41) is 3.37. The van der Waals surface area contributed by atoms with Gasteiger partial charge in [0, 0.05) is 26.0 Å². The van der Waals surface area contributed by atoms with Crippen molar-refractivity contribution in [3.63, 3.8) is 0 Å². The first-order valence-corrected chi connectivity index (χ1v) is 7.37. The van der Waals surface area contributed by atoms with Gasteiger partial charge in [-0.3, -0.25) is 4.79 Å². The van der Waals surface area contributed by atoms with Crippen LogP contribution in [0.4, 0.5) is 0 Å². The fourth-order valence-corrected chi connectivity index (χ4v) is 2.50. The molecule has 1 aromatic heterocycles. The second-order valence-corrected chi connectivity index (χ2v) is 5.94. The number of H-pyrrole nitrogens is 1. The summed E-state index contributed by atoms with van der Waals surface area (Å²) in [7, 11) is 1.28. The van der Waals surface area contributed by atoms with Crippen molar-refractivity contribution in [2.45, 2.75) is 13.0 Å². The number of nitrogens with one attached hydrogen (secondary N) is 2. The van der Waals surface area contributed by atoms with Crippen molar-refractivity contribution in [2.75, 3.05) is 7.11 Å². The highest BCUT2D eigenvalue weighted by Crippen LogP contribution is 2.30. The van der Waals surface area contributed by atoms with E-state index in [1.54, 1.807) is 13.1 Å². The number of esters is 1. The molecule has 0 aliphatic rings. The third kappa shape index (κ3) is 2.88. The van der Waals surface area contributed by atoms with Crippen molar-refractivity contribution >= 4 is 54.6 Å². The van der Waals surface area contributed by atoms with Gasteiger partial charge in [0.2, 0.25) is 0 Å². The van der Waals surface area contributed by atoms with Crippen LogP contribution in [0.5, 0.6) is 0 Å². The van der Waals surface area contributed by atoms with E-state index in [4.69, 9.17) is 0 Å². The van der Waals surface area contributed by atoms with Crippen LogP contribution in [0.2, 0.25) is 0 Å². The molecule has 1 unspecified atom stereocenters. The Morgan fingerprint density at radius 1 is 1.30 bits per heavy atom. The monoisotopic (exact) mass is 402 g/mol. The summed E-state index contributed by atoms with van der Waals surface area (Å²) in [5.41, 5.74) is 1.31. The van der Waals surface area contributed by atoms with E-state index in [9.17, 15) is 9.59 Å². The van der Waals surface area contributed by atoms with Gasteiger partial charge in [0.1, 0.15) is 6.04 Å². The molecule has 1 atom stereocenters. The van der Waals surface area contributed by atoms with Crippen molar-refractivity contribution < 1.29 is 14.3 Å². The number of rotatable bonds is 3. The molecule has 2 aromatic rings. The molecule has 0 saturated carbocycles. The first-order valence-electron chi connectivity index (χ1n) is 5.79. The Hall–Kier alpha value is -1.34. The molecule has 2 N–H and O–H groups in total. The van der Waals surface area contributed by atoms with Gasteiger partial charge in [-0.05, 0) is 50.9 Å². The van der Waals surface area contributed by atoms with Crippen LogP contribution in [0.3, 0.4) is 0 Å². The molecule has 2 rings (SSSR count). The quantitative estimate of drug-likeness (QED) is 0.774. The Morgan fingerprint density at radius 2 is 1.95 bits per heavy atom. The molecule has 0 aliphatic heterocycles. The van der Waals surface area contributed by atoms with Crippen LogP contribution in [0.25, 0.3) is 10.9 Å². The van der Waals surface area contributed by atoms with Crippen LogP contribution in [-0.2, 0) is 9.53 Å². The molecule has 0 aliphatic carbocycles. The van der Waals surface area contributed by atoms with E-state index in [-0.39, 0.29) is 5.91 Å². The maximum absolute atomic E-state index is 12.2. The highest BCUT2D eigenvalue weighted by Gasteiger charge is 2.19. The number of amides is 1. The maximum atomic E-state index is 12.2. The maximum Gasteiger partial charge on any atom is 0.328 e. The summed E-state index contributed by atoms with van der Waals surface area (Å²) in [6.45, 7) is 1.57. The number of halogens is 2. The minimum Gasteiger partial charge on any atom is -0.467 e. The van der Waals surface area contributed by atoms with Crippen LogP contribution in [0, 0.1) is 0 Å².